The Balaban J connectivity index is 1.71. The molecule has 1 amide bonds. The van der Waals surface area contributed by atoms with Gasteiger partial charge in [0.05, 0.1) is 31.8 Å². The number of benzene rings is 3. The second-order valence-electron chi connectivity index (χ2n) is 7.83. The monoisotopic (exact) mass is 481 g/mol. The van der Waals surface area contributed by atoms with Gasteiger partial charge in [-0.05, 0) is 66.9 Å². The van der Waals surface area contributed by atoms with Crippen LogP contribution in [0.5, 0.6) is 11.5 Å². The van der Waals surface area contributed by atoms with Gasteiger partial charge in [0, 0.05) is 11.1 Å². The second-order valence-corrected chi connectivity index (χ2v) is 9.74. The summed E-state index contributed by atoms with van der Waals surface area (Å²) in [6.45, 7) is 4.04. The lowest BCUT2D eigenvalue weighted by Gasteiger charge is -2.23. The number of hydrogen-bond donors (Lipinski definition) is 2. The van der Waals surface area contributed by atoms with Crippen LogP contribution in [0.25, 0.3) is 0 Å². The maximum atomic E-state index is 12.4. The predicted octanol–water partition coefficient (Wildman–Crippen LogP) is 3.75. The van der Waals surface area contributed by atoms with Crippen molar-refractivity contribution in [1.82, 2.24) is 5.43 Å². The Labute approximate surface area is 199 Å². The van der Waals surface area contributed by atoms with Gasteiger partial charge in [0.2, 0.25) is 10.0 Å². The molecule has 0 fully saturated rings. The lowest BCUT2D eigenvalue weighted by Crippen LogP contribution is -2.29. The first-order chi connectivity index (χ1) is 16.1. The number of amides is 1. The third kappa shape index (κ3) is 5.93. The first-order valence-corrected chi connectivity index (χ1v) is 12.3. The highest BCUT2D eigenvalue weighted by molar-refractivity contribution is 7.92. The smallest absolute Gasteiger partial charge is 0.271 e. The van der Waals surface area contributed by atoms with Crippen molar-refractivity contribution in [2.24, 2.45) is 5.10 Å². The van der Waals surface area contributed by atoms with E-state index < -0.39 is 15.9 Å². The van der Waals surface area contributed by atoms with Gasteiger partial charge in [-0.2, -0.15) is 5.10 Å². The van der Waals surface area contributed by atoms with E-state index in [1.807, 2.05) is 26.0 Å². The lowest BCUT2D eigenvalue weighted by atomic mass is 10.1. The molecule has 0 aliphatic rings. The van der Waals surface area contributed by atoms with E-state index in [-0.39, 0.29) is 12.3 Å². The van der Waals surface area contributed by atoms with Gasteiger partial charge < -0.3 is 9.84 Å². The fourth-order valence-electron chi connectivity index (χ4n) is 3.24. The number of rotatable bonds is 8. The Morgan fingerprint density at radius 1 is 1.09 bits per heavy atom. The molecule has 3 aromatic rings. The van der Waals surface area contributed by atoms with Gasteiger partial charge in [-0.1, -0.05) is 24.3 Å². The number of phenolic OH excluding ortho intramolecular Hbond substituents is 1. The van der Waals surface area contributed by atoms with Crippen molar-refractivity contribution in [3.05, 3.63) is 88.5 Å². The summed E-state index contributed by atoms with van der Waals surface area (Å²) < 4.78 is 31.2. The van der Waals surface area contributed by atoms with Gasteiger partial charge in [0.15, 0.2) is 11.5 Å². The molecule has 178 valence electrons. The number of ether oxygens (including phenoxy) is 1. The summed E-state index contributed by atoms with van der Waals surface area (Å²) in [5.41, 5.74) is 6.55. The maximum Gasteiger partial charge on any atom is 0.271 e. The molecular weight excluding hydrogens is 454 g/mol. The lowest BCUT2D eigenvalue weighted by molar-refractivity contribution is 0.0955. The molecule has 0 saturated carbocycles. The minimum absolute atomic E-state index is 0.0773. The van der Waals surface area contributed by atoms with Crippen LogP contribution in [-0.4, -0.2) is 39.0 Å². The Morgan fingerprint density at radius 2 is 1.79 bits per heavy atom. The van der Waals surface area contributed by atoms with Gasteiger partial charge >= 0.3 is 0 Å². The van der Waals surface area contributed by atoms with Crippen molar-refractivity contribution < 1.29 is 23.1 Å². The summed E-state index contributed by atoms with van der Waals surface area (Å²) in [4.78, 5) is 12.4. The highest BCUT2D eigenvalue weighted by Gasteiger charge is 2.18. The summed E-state index contributed by atoms with van der Waals surface area (Å²) >= 11 is 0. The molecule has 9 heteroatoms. The summed E-state index contributed by atoms with van der Waals surface area (Å²) in [6, 6.07) is 17.1. The molecule has 0 radical (unpaired) electrons. The molecule has 0 aliphatic carbocycles. The number of anilines is 1. The average Bonchev–Trinajstić information content (AvgIpc) is 2.80. The van der Waals surface area contributed by atoms with E-state index in [1.54, 1.807) is 48.5 Å². The van der Waals surface area contributed by atoms with Crippen LogP contribution >= 0.6 is 0 Å². The number of hydrazone groups is 1. The molecule has 2 N–H and O–H groups in total. The van der Waals surface area contributed by atoms with Crippen molar-refractivity contribution in [3.63, 3.8) is 0 Å². The van der Waals surface area contributed by atoms with Crippen molar-refractivity contribution in [1.29, 1.82) is 0 Å². The SMILES string of the molecule is COc1cccc(C=NNC(=O)c2ccc(CN(c3ccc(C)c(C)c3)S(C)(=O)=O)cc2)c1O. The highest BCUT2D eigenvalue weighted by atomic mass is 32.2. The largest absolute Gasteiger partial charge is 0.504 e. The summed E-state index contributed by atoms with van der Waals surface area (Å²) in [7, 11) is -2.07. The number of methoxy groups -OCH3 is 1. The minimum atomic E-state index is -3.51. The topological polar surface area (TPSA) is 108 Å². The third-order valence-corrected chi connectivity index (χ3v) is 6.48. The molecule has 34 heavy (non-hydrogen) atoms. The van der Waals surface area contributed by atoms with Gasteiger partial charge in [-0.3, -0.25) is 9.10 Å². The highest BCUT2D eigenvalue weighted by Crippen LogP contribution is 2.28. The molecule has 8 nitrogen and oxygen atoms in total. The van der Waals surface area contributed by atoms with Crippen LogP contribution < -0.4 is 14.5 Å². The summed E-state index contributed by atoms with van der Waals surface area (Å²) in [5, 5.41) is 14.0. The van der Waals surface area contributed by atoms with Crippen LogP contribution in [-0.2, 0) is 16.6 Å². The van der Waals surface area contributed by atoms with Crippen molar-refractivity contribution >= 4 is 27.8 Å². The molecule has 0 atom stereocenters. The van der Waals surface area contributed by atoms with Gasteiger partial charge in [0.25, 0.3) is 5.91 Å². The first-order valence-electron chi connectivity index (χ1n) is 10.4. The fourth-order valence-corrected chi connectivity index (χ4v) is 4.12. The number of aryl methyl sites for hydroxylation is 2. The normalized spacial score (nSPS) is 11.4. The number of hydrogen-bond acceptors (Lipinski definition) is 6. The Kier molecular flexibility index (Phi) is 7.57. The number of nitrogens with one attached hydrogen (secondary N) is 1. The Morgan fingerprint density at radius 3 is 2.41 bits per heavy atom. The molecule has 0 aromatic heterocycles. The zero-order valence-corrected chi connectivity index (χ0v) is 20.3. The van der Waals surface area contributed by atoms with E-state index in [2.05, 4.69) is 10.5 Å². The number of carbonyl (C=O) groups excluding carboxylic acids is 1. The maximum absolute atomic E-state index is 12.4. The molecule has 0 spiro atoms. The van der Waals surface area contributed by atoms with Gasteiger partial charge in [0.1, 0.15) is 0 Å². The molecule has 3 rings (SSSR count). The van der Waals surface area contributed by atoms with E-state index in [4.69, 9.17) is 4.74 Å². The van der Waals surface area contributed by atoms with Crippen LogP contribution in [0.1, 0.15) is 32.6 Å². The van der Waals surface area contributed by atoms with E-state index in [0.29, 0.717) is 22.6 Å². The third-order valence-electron chi connectivity index (χ3n) is 5.34. The van der Waals surface area contributed by atoms with Crippen LogP contribution in [0.3, 0.4) is 0 Å². The Bertz CT molecular complexity index is 1320. The fraction of sp³-hybridized carbons (Fsp3) is 0.200. The number of phenols is 1. The zero-order valence-electron chi connectivity index (χ0n) is 19.4. The number of aromatic hydroxyl groups is 1. The average molecular weight is 482 g/mol. The zero-order chi connectivity index (χ0) is 24.9. The van der Waals surface area contributed by atoms with Crippen LogP contribution in [0.2, 0.25) is 0 Å². The number of sulfonamides is 1. The van der Waals surface area contributed by atoms with Crippen molar-refractivity contribution in [2.75, 3.05) is 17.7 Å². The molecule has 0 saturated heterocycles. The van der Waals surface area contributed by atoms with Crippen LogP contribution in [0, 0.1) is 13.8 Å². The van der Waals surface area contributed by atoms with Gasteiger partial charge in [-0.15, -0.1) is 0 Å². The standard InChI is InChI=1S/C25H27N3O5S/c1-17-8-13-22(14-18(17)2)28(34(4,31)32)16-19-9-11-20(12-10-19)25(30)27-26-15-21-6-5-7-23(33-3)24(21)29/h5-15,29H,16H2,1-4H3,(H,27,30). The molecule has 0 unspecified atom stereocenters. The second kappa shape index (κ2) is 10.4. The van der Waals surface area contributed by atoms with Crippen LogP contribution in [0.4, 0.5) is 5.69 Å². The predicted molar refractivity (Wildman–Crippen MR) is 133 cm³/mol. The number of carbonyl (C=O) groups is 1. The quantitative estimate of drug-likeness (QED) is 0.376. The van der Waals surface area contributed by atoms with E-state index in [9.17, 15) is 18.3 Å². The summed E-state index contributed by atoms with van der Waals surface area (Å²) in [6.07, 6.45) is 2.49. The van der Waals surface area contributed by atoms with Crippen LogP contribution in [0.15, 0.2) is 65.8 Å². The molecule has 0 aliphatic heterocycles. The molecule has 3 aromatic carbocycles. The number of nitrogens with zero attached hydrogens (tertiary/aromatic N) is 2. The molecule has 0 heterocycles. The van der Waals surface area contributed by atoms with E-state index >= 15 is 0 Å². The number of para-hydroxylation sites is 1. The summed E-state index contributed by atoms with van der Waals surface area (Å²) in [5.74, 6) is -0.222. The first kappa shape index (κ1) is 24.8. The minimum Gasteiger partial charge on any atom is -0.504 e. The van der Waals surface area contributed by atoms with Crippen molar-refractivity contribution in [3.8, 4) is 11.5 Å². The molecular formula is C25H27N3O5S. The van der Waals surface area contributed by atoms with Crippen molar-refractivity contribution in [2.45, 2.75) is 20.4 Å². The Hall–Kier alpha value is -3.85. The van der Waals surface area contributed by atoms with E-state index in [0.717, 1.165) is 16.7 Å². The molecule has 0 bridgehead atoms. The van der Waals surface area contributed by atoms with E-state index in [1.165, 1.54) is 23.9 Å². The van der Waals surface area contributed by atoms with Gasteiger partial charge in [-0.25, -0.2) is 13.8 Å².